The number of thiophene rings is 1. The van der Waals surface area contributed by atoms with Crippen LogP contribution in [-0.2, 0) is 9.53 Å². The molecule has 2 aromatic heterocycles. The first-order valence-corrected chi connectivity index (χ1v) is 10.0. The number of thiazole rings is 1. The molecule has 0 unspecified atom stereocenters. The highest BCUT2D eigenvalue weighted by Gasteiger charge is 2.29. The first kappa shape index (κ1) is 19.6. The average Bonchev–Trinajstić information content (AvgIpc) is 3.15. The minimum Gasteiger partial charge on any atom is -0.448 e. The number of carbonyl (C=O) groups excluding carboxylic acids is 2. The Morgan fingerprint density at radius 2 is 1.80 bits per heavy atom. The maximum atomic E-state index is 12.6. The zero-order valence-corrected chi connectivity index (χ0v) is 17.0. The van der Waals surface area contributed by atoms with E-state index in [0.29, 0.717) is 10.6 Å². The topological polar surface area (TPSA) is 59.5 Å². The van der Waals surface area contributed by atoms with E-state index in [1.165, 1.54) is 11.3 Å². The van der Waals surface area contributed by atoms with Crippen molar-refractivity contribution >= 4 is 34.6 Å². The summed E-state index contributed by atoms with van der Waals surface area (Å²) >= 11 is 2.88. The van der Waals surface area contributed by atoms with Crippen LogP contribution in [0.1, 0.15) is 50.0 Å². The van der Waals surface area contributed by atoms with Crippen molar-refractivity contribution in [2.45, 2.75) is 59.7 Å². The van der Waals surface area contributed by atoms with Crippen molar-refractivity contribution in [1.82, 2.24) is 9.88 Å². The van der Waals surface area contributed by atoms with E-state index in [0.717, 1.165) is 10.6 Å². The number of carbonyl (C=O) groups is 2. The van der Waals surface area contributed by atoms with Gasteiger partial charge in [-0.1, -0.05) is 0 Å². The molecule has 0 radical (unpaired) electrons. The highest BCUT2D eigenvalue weighted by atomic mass is 32.1. The Kier molecular flexibility index (Phi) is 6.35. The first-order valence-electron chi connectivity index (χ1n) is 8.25. The zero-order chi connectivity index (χ0) is 18.7. The highest BCUT2D eigenvalue weighted by molar-refractivity contribution is 7.17. The largest absolute Gasteiger partial charge is 0.448 e. The van der Waals surface area contributed by atoms with E-state index in [4.69, 9.17) is 4.74 Å². The van der Waals surface area contributed by atoms with Crippen molar-refractivity contribution in [3.63, 3.8) is 0 Å². The first-order chi connectivity index (χ1) is 11.7. The van der Waals surface area contributed by atoms with E-state index in [2.05, 4.69) is 4.98 Å². The zero-order valence-electron chi connectivity index (χ0n) is 15.4. The van der Waals surface area contributed by atoms with E-state index in [1.54, 1.807) is 30.1 Å². The molecule has 2 rings (SSSR count). The molecule has 0 aliphatic heterocycles. The number of esters is 1. The van der Waals surface area contributed by atoms with Crippen LogP contribution in [0.4, 0.5) is 0 Å². The Labute approximate surface area is 156 Å². The summed E-state index contributed by atoms with van der Waals surface area (Å²) < 4.78 is 5.43. The molecule has 0 saturated heterocycles. The number of aromatic nitrogens is 1. The molecule has 25 heavy (non-hydrogen) atoms. The minimum atomic E-state index is -0.830. The maximum absolute atomic E-state index is 12.6. The number of ether oxygens (including phenoxy) is 1. The van der Waals surface area contributed by atoms with Gasteiger partial charge in [0, 0.05) is 23.0 Å². The molecule has 0 fully saturated rings. The molecule has 0 N–H and O–H groups in total. The summed E-state index contributed by atoms with van der Waals surface area (Å²) in [7, 11) is 0. The van der Waals surface area contributed by atoms with Crippen LogP contribution in [0.3, 0.4) is 0 Å². The van der Waals surface area contributed by atoms with Crippen molar-refractivity contribution < 1.29 is 14.3 Å². The van der Waals surface area contributed by atoms with Gasteiger partial charge in [-0.25, -0.2) is 9.78 Å². The van der Waals surface area contributed by atoms with Crippen LogP contribution in [-0.4, -0.2) is 39.9 Å². The summed E-state index contributed by atoms with van der Waals surface area (Å²) in [6.45, 7) is 11.2. The maximum Gasteiger partial charge on any atom is 0.351 e. The Morgan fingerprint density at radius 3 is 2.32 bits per heavy atom. The van der Waals surface area contributed by atoms with Crippen LogP contribution < -0.4 is 0 Å². The van der Waals surface area contributed by atoms with Crippen LogP contribution in [0.15, 0.2) is 16.8 Å². The predicted octanol–water partition coefficient (Wildman–Crippen LogP) is 4.37. The smallest absolute Gasteiger partial charge is 0.351 e. The minimum absolute atomic E-state index is 0.0454. The third kappa shape index (κ3) is 4.46. The van der Waals surface area contributed by atoms with Crippen molar-refractivity contribution in [2.75, 3.05) is 0 Å². The molecule has 0 aliphatic carbocycles. The van der Waals surface area contributed by atoms with Crippen LogP contribution in [0.2, 0.25) is 0 Å². The molecule has 1 amide bonds. The molecule has 5 nitrogen and oxygen atoms in total. The molecule has 0 bridgehead atoms. The van der Waals surface area contributed by atoms with E-state index in [9.17, 15) is 9.59 Å². The van der Waals surface area contributed by atoms with Gasteiger partial charge < -0.3 is 9.64 Å². The lowest BCUT2D eigenvalue weighted by atomic mass is 10.2. The lowest BCUT2D eigenvalue weighted by Crippen LogP contribution is -2.47. The molecular weight excluding hydrogens is 356 g/mol. The SMILES string of the molecule is Cc1nc(-c2ccsc2)sc1C(=O)O[C@@H](C)C(=O)N(C(C)C)C(C)C. The van der Waals surface area contributed by atoms with Crippen LogP contribution in [0.25, 0.3) is 10.6 Å². The van der Waals surface area contributed by atoms with Gasteiger partial charge in [0.15, 0.2) is 6.10 Å². The van der Waals surface area contributed by atoms with Gasteiger partial charge >= 0.3 is 5.97 Å². The summed E-state index contributed by atoms with van der Waals surface area (Å²) in [5, 5.41) is 4.75. The molecule has 0 saturated carbocycles. The third-order valence-electron chi connectivity index (χ3n) is 3.75. The Hall–Kier alpha value is -1.73. The molecule has 0 spiro atoms. The lowest BCUT2D eigenvalue weighted by Gasteiger charge is -2.32. The van der Waals surface area contributed by atoms with Gasteiger partial charge in [-0.3, -0.25) is 4.79 Å². The van der Waals surface area contributed by atoms with Gasteiger partial charge in [-0.15, -0.1) is 11.3 Å². The van der Waals surface area contributed by atoms with Gasteiger partial charge in [-0.05, 0) is 53.0 Å². The van der Waals surface area contributed by atoms with Crippen molar-refractivity contribution in [3.05, 3.63) is 27.4 Å². The summed E-state index contributed by atoms with van der Waals surface area (Å²) in [5.41, 5.74) is 1.62. The third-order valence-corrected chi connectivity index (χ3v) is 5.62. The molecule has 2 aromatic rings. The van der Waals surface area contributed by atoms with Gasteiger partial charge in [0.05, 0.1) is 5.69 Å². The fourth-order valence-corrected chi connectivity index (χ4v) is 4.34. The second kappa shape index (κ2) is 8.10. The Morgan fingerprint density at radius 1 is 1.16 bits per heavy atom. The van der Waals surface area contributed by atoms with Gasteiger partial charge in [0.2, 0.25) is 0 Å². The lowest BCUT2D eigenvalue weighted by molar-refractivity contribution is -0.143. The number of hydrogen-bond donors (Lipinski definition) is 0. The van der Waals surface area contributed by atoms with Crippen molar-refractivity contribution in [3.8, 4) is 10.6 Å². The van der Waals surface area contributed by atoms with Crippen molar-refractivity contribution in [1.29, 1.82) is 0 Å². The number of aryl methyl sites for hydroxylation is 1. The number of rotatable bonds is 6. The average molecular weight is 381 g/mol. The predicted molar refractivity (Wildman–Crippen MR) is 102 cm³/mol. The number of amides is 1. The number of hydrogen-bond acceptors (Lipinski definition) is 6. The quantitative estimate of drug-likeness (QED) is 0.698. The Balaban J connectivity index is 2.12. The van der Waals surface area contributed by atoms with E-state index in [-0.39, 0.29) is 18.0 Å². The number of nitrogens with zero attached hydrogens (tertiary/aromatic N) is 2. The molecular formula is C18H24N2O3S2. The van der Waals surface area contributed by atoms with Gasteiger partial charge in [0.1, 0.15) is 9.88 Å². The van der Waals surface area contributed by atoms with Crippen molar-refractivity contribution in [2.24, 2.45) is 0 Å². The molecule has 136 valence electrons. The fourth-order valence-electron chi connectivity index (χ4n) is 2.68. The second-order valence-electron chi connectivity index (χ2n) is 6.43. The Bertz CT molecular complexity index is 728. The molecule has 7 heteroatoms. The second-order valence-corrected chi connectivity index (χ2v) is 8.21. The van der Waals surface area contributed by atoms with E-state index < -0.39 is 12.1 Å². The molecule has 2 heterocycles. The van der Waals surface area contributed by atoms with Crippen LogP contribution in [0.5, 0.6) is 0 Å². The molecule has 0 aromatic carbocycles. The molecule has 0 aliphatic rings. The summed E-state index contributed by atoms with van der Waals surface area (Å²) in [5.74, 6) is -0.677. The fraction of sp³-hybridized carbons (Fsp3) is 0.500. The normalized spacial score (nSPS) is 12.5. The van der Waals surface area contributed by atoms with Gasteiger partial charge in [0.25, 0.3) is 5.91 Å². The highest BCUT2D eigenvalue weighted by Crippen LogP contribution is 2.30. The van der Waals surface area contributed by atoms with Gasteiger partial charge in [-0.2, -0.15) is 11.3 Å². The molecule has 1 atom stereocenters. The van der Waals surface area contributed by atoms with E-state index >= 15 is 0 Å². The summed E-state index contributed by atoms with van der Waals surface area (Å²) in [6, 6.07) is 2.06. The summed E-state index contributed by atoms with van der Waals surface area (Å²) in [6.07, 6.45) is -0.830. The van der Waals surface area contributed by atoms with Crippen LogP contribution in [0, 0.1) is 6.92 Å². The summed E-state index contributed by atoms with van der Waals surface area (Å²) in [4.78, 5) is 31.7. The standard InChI is InChI=1S/C18H24N2O3S2/c1-10(2)20(11(3)4)17(21)13(6)23-18(22)15-12(5)19-16(25-15)14-7-8-24-9-14/h7-11,13H,1-6H3/t13-/m0/s1. The van der Waals surface area contributed by atoms with E-state index in [1.807, 2.05) is 44.5 Å². The monoisotopic (exact) mass is 380 g/mol. The van der Waals surface area contributed by atoms with Crippen LogP contribution >= 0.6 is 22.7 Å².